The Labute approximate surface area is 127 Å². The summed E-state index contributed by atoms with van der Waals surface area (Å²) in [6.45, 7) is 4.30. The lowest BCUT2D eigenvalue weighted by atomic mass is 9.76. The zero-order valence-electron chi connectivity index (χ0n) is 12.8. The number of ketones is 1. The molecule has 2 fully saturated rings. The molecule has 0 aromatic heterocycles. The molecule has 3 rings (SSSR count). The smallest absolute Gasteiger partial charge is 0.170 e. The largest absolute Gasteiger partial charge is 0.379 e. The summed E-state index contributed by atoms with van der Waals surface area (Å²) in [6.07, 6.45) is 4.82. The second-order valence-electron chi connectivity index (χ2n) is 6.28. The molecule has 2 atom stereocenters. The van der Waals surface area contributed by atoms with Gasteiger partial charge in [0.1, 0.15) is 0 Å². The first-order valence-electron chi connectivity index (χ1n) is 8.25. The molecular formula is C18H25NO2. The minimum absolute atomic E-state index is 0.0298. The highest BCUT2D eigenvalue weighted by Crippen LogP contribution is 2.38. The third kappa shape index (κ3) is 3.04. The van der Waals surface area contributed by atoms with Crippen molar-refractivity contribution in [3.63, 3.8) is 0 Å². The van der Waals surface area contributed by atoms with Crippen molar-refractivity contribution in [3.05, 3.63) is 35.4 Å². The fourth-order valence-electron chi connectivity index (χ4n) is 3.34. The van der Waals surface area contributed by atoms with Crippen LogP contribution in [0.25, 0.3) is 0 Å². The van der Waals surface area contributed by atoms with Gasteiger partial charge < -0.3 is 10.1 Å². The van der Waals surface area contributed by atoms with E-state index in [0.717, 1.165) is 18.5 Å². The van der Waals surface area contributed by atoms with E-state index in [2.05, 4.69) is 24.4 Å². The van der Waals surface area contributed by atoms with Gasteiger partial charge >= 0.3 is 0 Å². The normalized spacial score (nSPS) is 25.8. The van der Waals surface area contributed by atoms with Crippen molar-refractivity contribution in [1.29, 1.82) is 0 Å². The van der Waals surface area contributed by atoms with Gasteiger partial charge in [0.15, 0.2) is 5.78 Å². The second-order valence-corrected chi connectivity index (χ2v) is 6.28. The Morgan fingerprint density at radius 2 is 2.10 bits per heavy atom. The molecule has 1 aliphatic heterocycles. The van der Waals surface area contributed by atoms with Crippen LogP contribution in [0.1, 0.15) is 54.4 Å². The molecule has 1 heterocycles. The summed E-state index contributed by atoms with van der Waals surface area (Å²) in [5.41, 5.74) is 2.19. The molecule has 2 unspecified atom stereocenters. The summed E-state index contributed by atoms with van der Waals surface area (Å²) in [6, 6.07) is 8.36. The average molecular weight is 287 g/mol. The third-order valence-corrected chi connectivity index (χ3v) is 4.85. The van der Waals surface area contributed by atoms with E-state index in [1.807, 2.05) is 12.1 Å². The number of rotatable bonds is 6. The molecule has 114 valence electrons. The van der Waals surface area contributed by atoms with Crippen molar-refractivity contribution in [3.8, 4) is 0 Å². The van der Waals surface area contributed by atoms with Gasteiger partial charge in [0.25, 0.3) is 0 Å². The maximum atomic E-state index is 13.0. The van der Waals surface area contributed by atoms with Crippen LogP contribution in [0.4, 0.5) is 0 Å². The van der Waals surface area contributed by atoms with Crippen LogP contribution in [0.2, 0.25) is 0 Å². The summed E-state index contributed by atoms with van der Waals surface area (Å²) >= 11 is 0. The molecule has 21 heavy (non-hydrogen) atoms. The van der Waals surface area contributed by atoms with E-state index in [4.69, 9.17) is 4.74 Å². The van der Waals surface area contributed by atoms with Crippen LogP contribution >= 0.6 is 0 Å². The molecular weight excluding hydrogens is 262 g/mol. The zero-order valence-corrected chi connectivity index (χ0v) is 12.8. The molecule has 0 bridgehead atoms. The highest BCUT2D eigenvalue weighted by atomic mass is 16.5. The first-order chi connectivity index (χ1) is 10.3. The number of carbonyl (C=O) groups is 1. The lowest BCUT2D eigenvalue weighted by Crippen LogP contribution is -2.40. The molecule has 0 spiro atoms. The van der Waals surface area contributed by atoms with E-state index in [1.165, 1.54) is 24.8 Å². The van der Waals surface area contributed by atoms with Gasteiger partial charge in [-0.05, 0) is 37.3 Å². The van der Waals surface area contributed by atoms with Crippen molar-refractivity contribution in [1.82, 2.24) is 5.32 Å². The van der Waals surface area contributed by atoms with Crippen LogP contribution < -0.4 is 5.32 Å². The van der Waals surface area contributed by atoms with Gasteiger partial charge in [-0.15, -0.1) is 0 Å². The van der Waals surface area contributed by atoms with E-state index in [1.54, 1.807) is 0 Å². The van der Waals surface area contributed by atoms with Crippen LogP contribution in [0.3, 0.4) is 0 Å². The Morgan fingerprint density at radius 3 is 2.81 bits per heavy atom. The topological polar surface area (TPSA) is 38.3 Å². The number of hydrogen-bond donors (Lipinski definition) is 1. The highest BCUT2D eigenvalue weighted by Gasteiger charge is 2.36. The number of ether oxygens (including phenoxy) is 1. The van der Waals surface area contributed by atoms with Crippen LogP contribution in [-0.2, 0) is 4.74 Å². The molecule has 1 saturated heterocycles. The third-order valence-electron chi connectivity index (χ3n) is 4.85. The highest BCUT2D eigenvalue weighted by molar-refractivity contribution is 6.00. The molecule has 1 aromatic carbocycles. The van der Waals surface area contributed by atoms with E-state index in [9.17, 15) is 4.79 Å². The second kappa shape index (κ2) is 6.71. The van der Waals surface area contributed by atoms with Crippen LogP contribution in [-0.4, -0.2) is 31.6 Å². The molecule has 1 aromatic rings. The number of carbonyl (C=O) groups excluding carboxylic acids is 1. The summed E-state index contributed by atoms with van der Waals surface area (Å²) in [5, 5.41) is 3.46. The number of nitrogens with one attached hydrogen (secondary N) is 1. The van der Waals surface area contributed by atoms with Gasteiger partial charge in [0.2, 0.25) is 0 Å². The van der Waals surface area contributed by atoms with Gasteiger partial charge in [-0.3, -0.25) is 4.79 Å². The fourth-order valence-corrected chi connectivity index (χ4v) is 3.34. The van der Waals surface area contributed by atoms with Gasteiger partial charge in [-0.2, -0.15) is 0 Å². The summed E-state index contributed by atoms with van der Waals surface area (Å²) in [4.78, 5) is 13.0. The van der Waals surface area contributed by atoms with Crippen molar-refractivity contribution >= 4 is 5.78 Å². The van der Waals surface area contributed by atoms with Gasteiger partial charge in [-0.25, -0.2) is 0 Å². The molecule has 0 amide bonds. The van der Waals surface area contributed by atoms with Crippen LogP contribution in [0.5, 0.6) is 0 Å². The standard InChI is InChI=1S/C18H25NO2/c1-2-10-19-17-12-21-11-16(17)18(20)15-9-4-3-8-14(15)13-6-5-7-13/h3-4,8-9,13,16-17,19H,2,5-7,10-12H2,1H3. The van der Waals surface area contributed by atoms with Crippen molar-refractivity contribution in [2.75, 3.05) is 19.8 Å². The van der Waals surface area contributed by atoms with E-state index in [0.29, 0.717) is 19.1 Å². The molecule has 1 N–H and O–H groups in total. The number of benzene rings is 1. The van der Waals surface area contributed by atoms with E-state index in [-0.39, 0.29) is 17.7 Å². The van der Waals surface area contributed by atoms with E-state index >= 15 is 0 Å². The molecule has 1 saturated carbocycles. The predicted octanol–water partition coefficient (Wildman–Crippen LogP) is 3.15. The number of hydrogen-bond acceptors (Lipinski definition) is 3. The van der Waals surface area contributed by atoms with Crippen molar-refractivity contribution in [2.24, 2.45) is 5.92 Å². The minimum Gasteiger partial charge on any atom is -0.379 e. The van der Waals surface area contributed by atoms with Crippen molar-refractivity contribution in [2.45, 2.75) is 44.6 Å². The monoisotopic (exact) mass is 287 g/mol. The van der Waals surface area contributed by atoms with Gasteiger partial charge in [0.05, 0.1) is 19.1 Å². The molecule has 2 aliphatic rings. The molecule has 1 aliphatic carbocycles. The molecule has 0 radical (unpaired) electrons. The summed E-state index contributed by atoms with van der Waals surface area (Å²) in [5.74, 6) is 0.830. The van der Waals surface area contributed by atoms with Crippen molar-refractivity contribution < 1.29 is 9.53 Å². The molecule has 3 nitrogen and oxygen atoms in total. The lowest BCUT2D eigenvalue weighted by molar-refractivity contribution is 0.0889. The van der Waals surface area contributed by atoms with Gasteiger partial charge in [-0.1, -0.05) is 37.6 Å². The first kappa shape index (κ1) is 14.7. The molecule has 3 heteroatoms. The van der Waals surface area contributed by atoms with Crippen LogP contribution in [0.15, 0.2) is 24.3 Å². The quantitative estimate of drug-likeness (QED) is 0.817. The maximum absolute atomic E-state index is 13.0. The Balaban J connectivity index is 1.78. The number of Topliss-reactive ketones (excluding diaryl/α,β-unsaturated/α-hetero) is 1. The first-order valence-corrected chi connectivity index (χ1v) is 8.25. The fraction of sp³-hybridized carbons (Fsp3) is 0.611. The lowest BCUT2D eigenvalue weighted by Gasteiger charge is -2.28. The Hall–Kier alpha value is -1.19. The minimum atomic E-state index is -0.0298. The van der Waals surface area contributed by atoms with Gasteiger partial charge in [0, 0.05) is 11.6 Å². The Morgan fingerprint density at radius 1 is 1.29 bits per heavy atom. The Kier molecular flexibility index (Phi) is 4.71. The summed E-state index contributed by atoms with van der Waals surface area (Å²) in [7, 11) is 0. The SMILES string of the molecule is CCCNC1COCC1C(=O)c1ccccc1C1CCC1. The predicted molar refractivity (Wildman–Crippen MR) is 83.8 cm³/mol. The summed E-state index contributed by atoms with van der Waals surface area (Å²) < 4.78 is 5.57. The van der Waals surface area contributed by atoms with Crippen LogP contribution in [0, 0.1) is 5.92 Å². The maximum Gasteiger partial charge on any atom is 0.170 e. The zero-order chi connectivity index (χ0) is 14.7. The average Bonchev–Trinajstić information content (AvgIpc) is 2.91. The van der Waals surface area contributed by atoms with E-state index < -0.39 is 0 Å². The Bertz CT molecular complexity index is 496.